The van der Waals surface area contributed by atoms with Crippen molar-refractivity contribution in [1.29, 1.82) is 5.26 Å². The number of pyridine rings is 1. The van der Waals surface area contributed by atoms with Crippen molar-refractivity contribution in [1.82, 2.24) is 24.9 Å². The van der Waals surface area contributed by atoms with Gasteiger partial charge in [0.2, 0.25) is 6.41 Å². The summed E-state index contributed by atoms with van der Waals surface area (Å²) in [6.45, 7) is 1.70. The normalized spacial score (nSPS) is 29.9. The number of cyclic esters (lactones) is 1. The van der Waals surface area contributed by atoms with E-state index in [0.717, 1.165) is 34.5 Å². The number of nitrogens with zero attached hydrogens (tertiary/aromatic N) is 7. The van der Waals surface area contributed by atoms with Crippen LogP contribution in [0.1, 0.15) is 11.3 Å². The standard InChI is InChI=1S/C25H21N7O3/c26-13-25(18-10-30(14-33)11-19(18)25)23-4-2-16(9-27-23)15-1-3-20-17(7-15)8-21-22(35-24(34)32(20)21)12-31-6-5-28-29-31/h1-7,9,14,18-19,21-22H,8,10-12H2/t18?,19?,21-,22?,25?/m0/s1. The van der Waals surface area contributed by atoms with Crippen LogP contribution in [0, 0.1) is 23.2 Å². The molecule has 3 fully saturated rings. The number of carbonyl (C=O) groups is 2. The van der Waals surface area contributed by atoms with Crippen molar-refractivity contribution in [3.63, 3.8) is 0 Å². The highest BCUT2D eigenvalue weighted by Gasteiger charge is 2.70. The summed E-state index contributed by atoms with van der Waals surface area (Å²) in [5.41, 5.74) is 4.14. The van der Waals surface area contributed by atoms with Gasteiger partial charge in [0.1, 0.15) is 11.5 Å². The smallest absolute Gasteiger partial charge is 0.415 e. The molecule has 35 heavy (non-hydrogen) atoms. The minimum atomic E-state index is -0.583. The van der Waals surface area contributed by atoms with Crippen LogP contribution in [-0.4, -0.2) is 62.6 Å². The van der Waals surface area contributed by atoms with Gasteiger partial charge in [-0.15, -0.1) is 5.10 Å². The molecule has 3 unspecified atom stereocenters. The second kappa shape index (κ2) is 7.12. The molecule has 2 aromatic heterocycles. The van der Waals surface area contributed by atoms with E-state index in [9.17, 15) is 14.9 Å². The van der Waals surface area contributed by atoms with Gasteiger partial charge >= 0.3 is 6.09 Å². The first-order valence-electron chi connectivity index (χ1n) is 11.7. The third-order valence-electron chi connectivity index (χ3n) is 8.08. The number of likely N-dealkylation sites (tertiary alicyclic amines) is 1. The molecule has 0 radical (unpaired) electrons. The first-order chi connectivity index (χ1) is 17.1. The van der Waals surface area contributed by atoms with Crippen molar-refractivity contribution < 1.29 is 14.3 Å². The highest BCUT2D eigenvalue weighted by molar-refractivity contribution is 5.94. The van der Waals surface area contributed by atoms with Crippen LogP contribution < -0.4 is 4.90 Å². The molecule has 0 spiro atoms. The van der Waals surface area contributed by atoms with Crippen molar-refractivity contribution in [3.05, 3.63) is 60.2 Å². The summed E-state index contributed by atoms with van der Waals surface area (Å²) in [6, 6.07) is 12.4. The number of piperidine rings is 1. The maximum atomic E-state index is 12.6. The average molecular weight is 467 g/mol. The van der Waals surface area contributed by atoms with Gasteiger partial charge in [0.15, 0.2) is 0 Å². The topological polar surface area (TPSA) is 117 Å². The molecule has 10 nitrogen and oxygen atoms in total. The number of carbonyl (C=O) groups excluding carboxylic acids is 2. The Morgan fingerprint density at radius 2 is 2.03 bits per heavy atom. The minimum Gasteiger partial charge on any atom is -0.442 e. The molecule has 7 rings (SSSR count). The third kappa shape index (κ3) is 2.78. The predicted molar refractivity (Wildman–Crippen MR) is 122 cm³/mol. The number of ether oxygens (including phenoxy) is 1. The van der Waals surface area contributed by atoms with Gasteiger partial charge in [0.05, 0.1) is 36.2 Å². The summed E-state index contributed by atoms with van der Waals surface area (Å²) in [7, 11) is 0. The van der Waals surface area contributed by atoms with Gasteiger partial charge in [0, 0.05) is 42.9 Å². The summed E-state index contributed by atoms with van der Waals surface area (Å²) >= 11 is 0. The number of hydrogen-bond acceptors (Lipinski definition) is 7. The van der Waals surface area contributed by atoms with E-state index in [1.807, 2.05) is 30.5 Å². The van der Waals surface area contributed by atoms with Crippen LogP contribution in [0.4, 0.5) is 10.5 Å². The van der Waals surface area contributed by atoms with Gasteiger partial charge < -0.3 is 9.64 Å². The van der Waals surface area contributed by atoms with E-state index in [0.29, 0.717) is 26.1 Å². The van der Waals surface area contributed by atoms with Crippen LogP contribution in [-0.2, 0) is 27.9 Å². The van der Waals surface area contributed by atoms with E-state index >= 15 is 0 Å². The maximum absolute atomic E-state index is 12.6. The third-order valence-corrected chi connectivity index (χ3v) is 8.08. The van der Waals surface area contributed by atoms with Crippen molar-refractivity contribution in [2.75, 3.05) is 18.0 Å². The average Bonchev–Trinajstić information content (AvgIpc) is 3.47. The SMILES string of the molecule is N#CC1(c2ccc(-c3ccc4c(c3)C[C@H]3C(Cn5ccnn5)OC(=O)N43)cn2)C2CN(C=O)CC21. The molecule has 0 bridgehead atoms. The second-order valence-electron chi connectivity index (χ2n) is 9.72. The zero-order valence-electron chi connectivity index (χ0n) is 18.7. The number of hydrogen-bond donors (Lipinski definition) is 0. The van der Waals surface area contributed by atoms with Gasteiger partial charge in [-0.3, -0.25) is 14.7 Å². The lowest BCUT2D eigenvalue weighted by molar-refractivity contribution is -0.117. The molecule has 4 aliphatic rings. The first kappa shape index (κ1) is 20.1. The predicted octanol–water partition coefficient (Wildman–Crippen LogP) is 1.77. The summed E-state index contributed by atoms with van der Waals surface area (Å²) in [4.78, 5) is 31.8. The quantitative estimate of drug-likeness (QED) is 0.525. The molecule has 2 amide bonds. The number of amides is 2. The Hall–Kier alpha value is -4.26. The molecule has 3 aromatic rings. The fourth-order valence-electron chi connectivity index (χ4n) is 6.29. The second-order valence-corrected chi connectivity index (χ2v) is 9.72. The van der Waals surface area contributed by atoms with Crippen LogP contribution in [0.15, 0.2) is 48.9 Å². The van der Waals surface area contributed by atoms with Gasteiger partial charge in [-0.25, -0.2) is 9.48 Å². The molecule has 10 heteroatoms. The van der Waals surface area contributed by atoms with E-state index in [-0.39, 0.29) is 30.1 Å². The highest BCUT2D eigenvalue weighted by atomic mass is 16.6. The fourth-order valence-corrected chi connectivity index (χ4v) is 6.29. The molecular weight excluding hydrogens is 446 g/mol. The Kier molecular flexibility index (Phi) is 4.10. The summed E-state index contributed by atoms with van der Waals surface area (Å²) in [6.07, 6.45) is 6.13. The van der Waals surface area contributed by atoms with Crippen LogP contribution in [0.25, 0.3) is 11.1 Å². The van der Waals surface area contributed by atoms with E-state index in [2.05, 4.69) is 27.4 Å². The van der Waals surface area contributed by atoms with Gasteiger partial charge in [-0.2, -0.15) is 5.26 Å². The number of fused-ring (bicyclic) bond motifs is 4. The highest BCUT2D eigenvalue weighted by Crippen LogP contribution is 2.62. The first-order valence-corrected chi connectivity index (χ1v) is 11.7. The lowest BCUT2D eigenvalue weighted by Crippen LogP contribution is -2.35. The Bertz CT molecular complexity index is 1370. The number of rotatable bonds is 5. The van der Waals surface area contributed by atoms with Crippen molar-refractivity contribution in [2.45, 2.75) is 30.5 Å². The van der Waals surface area contributed by atoms with E-state index in [1.54, 1.807) is 26.9 Å². The Morgan fingerprint density at radius 3 is 2.71 bits per heavy atom. The Balaban J connectivity index is 1.12. The van der Waals surface area contributed by atoms with Crippen molar-refractivity contribution >= 4 is 18.2 Å². The van der Waals surface area contributed by atoms with Gasteiger partial charge in [0.25, 0.3) is 0 Å². The molecule has 1 aromatic carbocycles. The number of anilines is 1. The molecule has 3 aliphatic heterocycles. The Morgan fingerprint density at radius 1 is 1.20 bits per heavy atom. The fraction of sp³-hybridized carbons (Fsp3) is 0.360. The summed E-state index contributed by atoms with van der Waals surface area (Å²) in [5.74, 6) is 0.324. The number of benzene rings is 1. The molecule has 5 heterocycles. The van der Waals surface area contributed by atoms with E-state index in [1.165, 1.54) is 0 Å². The largest absolute Gasteiger partial charge is 0.442 e. The summed E-state index contributed by atoms with van der Waals surface area (Å²) < 4.78 is 7.30. The Labute approximate surface area is 200 Å². The van der Waals surface area contributed by atoms with E-state index < -0.39 is 5.41 Å². The van der Waals surface area contributed by atoms with Gasteiger partial charge in [-0.05, 0) is 35.7 Å². The van der Waals surface area contributed by atoms with Crippen LogP contribution in [0.5, 0.6) is 0 Å². The number of nitriles is 1. The summed E-state index contributed by atoms with van der Waals surface area (Å²) in [5, 5.41) is 17.7. The van der Waals surface area contributed by atoms with Crippen LogP contribution in [0.3, 0.4) is 0 Å². The molecule has 0 N–H and O–H groups in total. The molecule has 1 saturated carbocycles. The lowest BCUT2D eigenvalue weighted by Gasteiger charge is -2.18. The zero-order valence-corrected chi connectivity index (χ0v) is 18.7. The monoisotopic (exact) mass is 467 g/mol. The molecule has 1 aliphatic carbocycles. The van der Waals surface area contributed by atoms with Crippen molar-refractivity contribution in [2.24, 2.45) is 11.8 Å². The van der Waals surface area contributed by atoms with Crippen LogP contribution >= 0.6 is 0 Å². The molecule has 4 atom stereocenters. The lowest BCUT2D eigenvalue weighted by atomic mass is 9.95. The zero-order chi connectivity index (χ0) is 23.7. The van der Waals surface area contributed by atoms with E-state index in [4.69, 9.17) is 4.74 Å². The number of aromatic nitrogens is 4. The molecule has 174 valence electrons. The maximum Gasteiger partial charge on any atom is 0.415 e. The van der Waals surface area contributed by atoms with Gasteiger partial charge in [-0.1, -0.05) is 17.3 Å². The molecule has 2 saturated heterocycles. The van der Waals surface area contributed by atoms with Crippen molar-refractivity contribution in [3.8, 4) is 17.2 Å². The van der Waals surface area contributed by atoms with Crippen LogP contribution in [0.2, 0.25) is 0 Å². The minimum absolute atomic E-state index is 0.0758. The molecular formula is C25H21N7O3.